The third-order valence-corrected chi connectivity index (χ3v) is 5.67. The highest BCUT2D eigenvalue weighted by Crippen LogP contribution is 2.32. The molecule has 0 unspecified atom stereocenters. The molecule has 0 radical (unpaired) electrons. The molecule has 142 valence electrons. The van der Waals surface area contributed by atoms with E-state index in [1.54, 1.807) is 0 Å². The van der Waals surface area contributed by atoms with Crippen molar-refractivity contribution in [2.75, 3.05) is 19.6 Å². The van der Waals surface area contributed by atoms with Gasteiger partial charge in [-0.1, -0.05) is 13.3 Å². The van der Waals surface area contributed by atoms with Crippen LogP contribution in [0, 0.1) is 19.8 Å². The number of carbonyl (C=O) groups is 2. The summed E-state index contributed by atoms with van der Waals surface area (Å²) in [6.07, 6.45) is 5.45. The van der Waals surface area contributed by atoms with Crippen LogP contribution >= 0.6 is 0 Å². The maximum Gasteiger partial charge on any atom is 0.225 e. The quantitative estimate of drug-likeness (QED) is 0.846. The van der Waals surface area contributed by atoms with E-state index in [0.29, 0.717) is 18.9 Å². The SMILES string of the molecule is CCCNC(=O)Cc1c(C)nc([C@H]2CCN(C(=O)C3CCC3)C2)nc1C. The van der Waals surface area contributed by atoms with Crippen molar-refractivity contribution in [3.05, 3.63) is 22.8 Å². The smallest absolute Gasteiger partial charge is 0.225 e. The van der Waals surface area contributed by atoms with Gasteiger partial charge in [-0.3, -0.25) is 9.59 Å². The molecule has 2 aliphatic rings. The lowest BCUT2D eigenvalue weighted by Gasteiger charge is -2.29. The Hall–Kier alpha value is -1.98. The predicted molar refractivity (Wildman–Crippen MR) is 99.8 cm³/mol. The van der Waals surface area contributed by atoms with Crippen molar-refractivity contribution in [1.29, 1.82) is 0 Å². The number of hydrogen-bond acceptors (Lipinski definition) is 4. The molecule has 1 atom stereocenters. The monoisotopic (exact) mass is 358 g/mol. The van der Waals surface area contributed by atoms with Crippen LogP contribution in [0.1, 0.15) is 67.7 Å². The molecule has 1 aromatic rings. The van der Waals surface area contributed by atoms with Gasteiger partial charge in [-0.2, -0.15) is 0 Å². The molecule has 0 bridgehead atoms. The highest BCUT2D eigenvalue weighted by Gasteiger charge is 2.35. The van der Waals surface area contributed by atoms with Crippen molar-refractivity contribution in [2.24, 2.45) is 5.92 Å². The summed E-state index contributed by atoms with van der Waals surface area (Å²) in [7, 11) is 0. The molecule has 1 saturated heterocycles. The van der Waals surface area contributed by atoms with E-state index >= 15 is 0 Å². The molecule has 6 heteroatoms. The first-order valence-electron chi connectivity index (χ1n) is 9.89. The van der Waals surface area contributed by atoms with Crippen molar-refractivity contribution in [2.45, 2.75) is 65.2 Å². The third-order valence-electron chi connectivity index (χ3n) is 5.67. The van der Waals surface area contributed by atoms with Crippen LogP contribution < -0.4 is 5.32 Å². The van der Waals surface area contributed by atoms with Crippen LogP contribution in [-0.4, -0.2) is 46.3 Å². The van der Waals surface area contributed by atoms with E-state index in [0.717, 1.165) is 61.5 Å². The third kappa shape index (κ3) is 4.05. The van der Waals surface area contributed by atoms with Crippen LogP contribution in [0.2, 0.25) is 0 Å². The highest BCUT2D eigenvalue weighted by molar-refractivity contribution is 5.80. The second kappa shape index (κ2) is 8.14. The number of aryl methyl sites for hydroxylation is 2. The summed E-state index contributed by atoms with van der Waals surface area (Å²) in [6, 6.07) is 0. The molecule has 0 spiro atoms. The molecule has 2 amide bonds. The zero-order valence-corrected chi connectivity index (χ0v) is 16.2. The van der Waals surface area contributed by atoms with Gasteiger partial charge in [0.25, 0.3) is 0 Å². The number of likely N-dealkylation sites (tertiary alicyclic amines) is 1. The summed E-state index contributed by atoms with van der Waals surface area (Å²) in [5.74, 6) is 1.62. The van der Waals surface area contributed by atoms with Gasteiger partial charge in [-0.15, -0.1) is 0 Å². The molecular formula is C20H30N4O2. The maximum absolute atomic E-state index is 12.4. The normalized spacial score (nSPS) is 20.1. The van der Waals surface area contributed by atoms with Crippen LogP contribution in [0.4, 0.5) is 0 Å². The molecule has 1 N–H and O–H groups in total. The summed E-state index contributed by atoms with van der Waals surface area (Å²) in [5, 5.41) is 2.91. The number of hydrogen-bond donors (Lipinski definition) is 1. The Bertz CT molecular complexity index is 661. The van der Waals surface area contributed by atoms with E-state index in [4.69, 9.17) is 9.97 Å². The van der Waals surface area contributed by atoms with Crippen LogP contribution in [0.5, 0.6) is 0 Å². The van der Waals surface area contributed by atoms with E-state index in [2.05, 4.69) is 5.32 Å². The van der Waals surface area contributed by atoms with Gasteiger partial charge in [0.15, 0.2) is 0 Å². The average Bonchev–Trinajstić information content (AvgIpc) is 3.04. The Morgan fingerprint density at radius 2 is 1.85 bits per heavy atom. The largest absolute Gasteiger partial charge is 0.356 e. The number of nitrogens with zero attached hydrogens (tertiary/aromatic N) is 3. The van der Waals surface area contributed by atoms with Crippen molar-refractivity contribution in [3.63, 3.8) is 0 Å². The molecule has 0 aromatic carbocycles. The van der Waals surface area contributed by atoms with E-state index in [-0.39, 0.29) is 17.7 Å². The second-order valence-corrected chi connectivity index (χ2v) is 7.66. The summed E-state index contributed by atoms with van der Waals surface area (Å²) in [4.78, 5) is 35.8. The Labute approximate surface area is 155 Å². The molecule has 1 aliphatic carbocycles. The first-order chi connectivity index (χ1) is 12.5. The van der Waals surface area contributed by atoms with E-state index in [1.165, 1.54) is 6.42 Å². The first kappa shape index (κ1) is 18.8. The molecule has 2 heterocycles. The van der Waals surface area contributed by atoms with Gasteiger partial charge in [0, 0.05) is 48.4 Å². The van der Waals surface area contributed by atoms with Crippen molar-refractivity contribution in [1.82, 2.24) is 20.2 Å². The number of carbonyl (C=O) groups excluding carboxylic acids is 2. The van der Waals surface area contributed by atoms with Crippen LogP contribution in [0.25, 0.3) is 0 Å². The lowest BCUT2D eigenvalue weighted by molar-refractivity contribution is -0.137. The summed E-state index contributed by atoms with van der Waals surface area (Å²) in [5.41, 5.74) is 2.67. The van der Waals surface area contributed by atoms with Gasteiger partial charge >= 0.3 is 0 Å². The van der Waals surface area contributed by atoms with Crippen molar-refractivity contribution >= 4 is 11.8 Å². The van der Waals surface area contributed by atoms with Gasteiger partial charge in [0.1, 0.15) is 5.82 Å². The van der Waals surface area contributed by atoms with Crippen LogP contribution in [0.15, 0.2) is 0 Å². The fourth-order valence-corrected chi connectivity index (χ4v) is 3.78. The van der Waals surface area contributed by atoms with Crippen LogP contribution in [-0.2, 0) is 16.0 Å². The van der Waals surface area contributed by atoms with Gasteiger partial charge in [-0.05, 0) is 39.5 Å². The van der Waals surface area contributed by atoms with Crippen molar-refractivity contribution < 1.29 is 9.59 Å². The molecular weight excluding hydrogens is 328 g/mol. The Kier molecular flexibility index (Phi) is 5.89. The second-order valence-electron chi connectivity index (χ2n) is 7.66. The number of rotatable bonds is 6. The molecule has 1 saturated carbocycles. The van der Waals surface area contributed by atoms with Crippen molar-refractivity contribution in [3.8, 4) is 0 Å². The molecule has 2 fully saturated rings. The fourth-order valence-electron chi connectivity index (χ4n) is 3.78. The minimum Gasteiger partial charge on any atom is -0.356 e. The zero-order chi connectivity index (χ0) is 18.7. The number of nitrogens with one attached hydrogen (secondary N) is 1. The molecule has 26 heavy (non-hydrogen) atoms. The van der Waals surface area contributed by atoms with Crippen LogP contribution in [0.3, 0.4) is 0 Å². The topological polar surface area (TPSA) is 75.2 Å². The Morgan fingerprint density at radius 3 is 2.42 bits per heavy atom. The Morgan fingerprint density at radius 1 is 1.15 bits per heavy atom. The fraction of sp³-hybridized carbons (Fsp3) is 0.700. The van der Waals surface area contributed by atoms with E-state index in [9.17, 15) is 9.59 Å². The van der Waals surface area contributed by atoms with Gasteiger partial charge in [0.05, 0.1) is 6.42 Å². The zero-order valence-electron chi connectivity index (χ0n) is 16.2. The standard InChI is InChI=1S/C20H30N4O2/c1-4-9-21-18(25)11-17-13(2)22-19(23-14(17)3)16-8-10-24(12-16)20(26)15-6-5-7-15/h15-16H,4-12H2,1-3H3,(H,21,25)/t16-/m0/s1. The summed E-state index contributed by atoms with van der Waals surface area (Å²) >= 11 is 0. The molecule has 1 aliphatic heterocycles. The van der Waals surface area contributed by atoms with Gasteiger partial charge < -0.3 is 10.2 Å². The predicted octanol–water partition coefficient (Wildman–Crippen LogP) is 2.28. The maximum atomic E-state index is 12.4. The minimum absolute atomic E-state index is 0.0209. The number of aromatic nitrogens is 2. The summed E-state index contributed by atoms with van der Waals surface area (Å²) < 4.78 is 0. The summed E-state index contributed by atoms with van der Waals surface area (Å²) in [6.45, 7) is 8.17. The van der Waals surface area contributed by atoms with Gasteiger partial charge in [0.2, 0.25) is 11.8 Å². The number of amides is 2. The lowest BCUT2D eigenvalue weighted by atomic mass is 9.84. The lowest BCUT2D eigenvalue weighted by Crippen LogP contribution is -2.37. The Balaban J connectivity index is 1.66. The van der Waals surface area contributed by atoms with E-state index in [1.807, 2.05) is 25.7 Å². The molecule has 3 rings (SSSR count). The highest BCUT2D eigenvalue weighted by atomic mass is 16.2. The molecule has 1 aromatic heterocycles. The average molecular weight is 358 g/mol. The minimum atomic E-state index is 0.0209. The van der Waals surface area contributed by atoms with E-state index < -0.39 is 0 Å². The first-order valence-corrected chi connectivity index (χ1v) is 9.89. The van der Waals surface area contributed by atoms with Gasteiger partial charge in [-0.25, -0.2) is 9.97 Å². The molecule has 6 nitrogen and oxygen atoms in total.